The molecule has 0 fully saturated rings. The summed E-state index contributed by atoms with van der Waals surface area (Å²) in [6, 6.07) is 3.83. The number of fused-ring (bicyclic) bond motifs is 1. The van der Waals surface area contributed by atoms with Crippen LogP contribution in [0.4, 0.5) is 0 Å². The molecule has 0 amide bonds. The minimum atomic E-state index is -0.841. The van der Waals surface area contributed by atoms with E-state index in [1.165, 1.54) is 0 Å². The summed E-state index contributed by atoms with van der Waals surface area (Å²) in [4.78, 5) is 0. The first-order chi connectivity index (χ1) is 7.02. The van der Waals surface area contributed by atoms with Gasteiger partial charge >= 0.3 is 0 Å². The molecule has 1 heterocycles. The fraction of sp³-hybridized carbons (Fsp3) is 0.500. The molecule has 82 valence electrons. The molecule has 0 spiro atoms. The number of aliphatic hydroxyl groups is 1. The van der Waals surface area contributed by atoms with Crippen LogP contribution in [0.3, 0.4) is 0 Å². The smallest absolute Gasteiger partial charge is 0.231 e. The highest BCUT2D eigenvalue weighted by Crippen LogP contribution is 2.38. The van der Waals surface area contributed by atoms with E-state index in [2.05, 4.69) is 6.92 Å². The first kappa shape index (κ1) is 10.3. The molecule has 0 unspecified atom stereocenters. The second-order valence-corrected chi connectivity index (χ2v) is 4.28. The van der Waals surface area contributed by atoms with Crippen LogP contribution < -0.4 is 9.47 Å². The Kier molecular flexibility index (Phi) is 2.35. The number of ether oxygens (including phenoxy) is 2. The van der Waals surface area contributed by atoms with Crippen molar-refractivity contribution >= 4 is 0 Å². The van der Waals surface area contributed by atoms with Crippen molar-refractivity contribution in [1.82, 2.24) is 0 Å². The van der Waals surface area contributed by atoms with Gasteiger partial charge in [-0.05, 0) is 43.5 Å². The second-order valence-electron chi connectivity index (χ2n) is 4.28. The fourth-order valence-electron chi connectivity index (χ4n) is 1.85. The normalized spacial score (nSPS) is 14.4. The van der Waals surface area contributed by atoms with Gasteiger partial charge in [-0.15, -0.1) is 0 Å². The lowest BCUT2D eigenvalue weighted by atomic mass is 9.91. The molecule has 0 aromatic heterocycles. The highest BCUT2D eigenvalue weighted by atomic mass is 16.7. The van der Waals surface area contributed by atoms with Crippen LogP contribution >= 0.6 is 0 Å². The van der Waals surface area contributed by atoms with Crippen LogP contribution in [0.25, 0.3) is 0 Å². The minimum Gasteiger partial charge on any atom is -0.454 e. The Hall–Kier alpha value is -1.22. The monoisotopic (exact) mass is 208 g/mol. The highest BCUT2D eigenvalue weighted by molar-refractivity contribution is 5.50. The van der Waals surface area contributed by atoms with E-state index < -0.39 is 5.60 Å². The predicted octanol–water partition coefficient (Wildman–Crippen LogP) is 2.21. The van der Waals surface area contributed by atoms with E-state index in [0.717, 1.165) is 29.0 Å². The summed E-state index contributed by atoms with van der Waals surface area (Å²) in [6.45, 7) is 5.90. The van der Waals surface area contributed by atoms with Gasteiger partial charge in [0.1, 0.15) is 0 Å². The van der Waals surface area contributed by atoms with Crippen LogP contribution in [-0.2, 0) is 12.0 Å². The largest absolute Gasteiger partial charge is 0.454 e. The molecule has 3 heteroatoms. The number of hydrogen-bond donors (Lipinski definition) is 1. The standard InChI is InChI=1S/C12H16O3/c1-4-8-5-10-11(15-7-14-10)6-9(8)12(2,3)13/h5-6,13H,4,7H2,1-3H3. The van der Waals surface area contributed by atoms with Crippen molar-refractivity contribution in [1.29, 1.82) is 0 Å². The number of hydrogen-bond acceptors (Lipinski definition) is 3. The Morgan fingerprint density at radius 3 is 2.40 bits per heavy atom. The fourth-order valence-corrected chi connectivity index (χ4v) is 1.85. The van der Waals surface area contributed by atoms with Crippen LogP contribution in [0.5, 0.6) is 11.5 Å². The summed E-state index contributed by atoms with van der Waals surface area (Å²) < 4.78 is 10.6. The minimum absolute atomic E-state index is 0.272. The van der Waals surface area contributed by atoms with Crippen molar-refractivity contribution in [2.24, 2.45) is 0 Å². The van der Waals surface area contributed by atoms with Crippen LogP contribution in [0.15, 0.2) is 12.1 Å². The third-order valence-electron chi connectivity index (χ3n) is 2.64. The molecule has 1 aromatic carbocycles. The van der Waals surface area contributed by atoms with Gasteiger partial charge in [-0.1, -0.05) is 6.92 Å². The molecule has 15 heavy (non-hydrogen) atoms. The molecular weight excluding hydrogens is 192 g/mol. The van der Waals surface area contributed by atoms with Gasteiger partial charge in [0, 0.05) is 0 Å². The molecule has 1 aromatic rings. The van der Waals surface area contributed by atoms with Gasteiger partial charge in [0.15, 0.2) is 11.5 Å². The van der Waals surface area contributed by atoms with Gasteiger partial charge in [-0.2, -0.15) is 0 Å². The summed E-state index contributed by atoms with van der Waals surface area (Å²) in [6.07, 6.45) is 0.871. The lowest BCUT2D eigenvalue weighted by Crippen LogP contribution is -2.17. The van der Waals surface area contributed by atoms with E-state index in [1.807, 2.05) is 12.1 Å². The van der Waals surface area contributed by atoms with E-state index in [4.69, 9.17) is 9.47 Å². The maximum absolute atomic E-state index is 10.0. The van der Waals surface area contributed by atoms with E-state index in [-0.39, 0.29) is 6.79 Å². The molecule has 0 bridgehead atoms. The number of aryl methyl sites for hydroxylation is 1. The molecule has 0 radical (unpaired) electrons. The maximum Gasteiger partial charge on any atom is 0.231 e. The zero-order chi connectivity index (χ0) is 11.1. The number of rotatable bonds is 2. The summed E-state index contributed by atoms with van der Waals surface area (Å²) >= 11 is 0. The third-order valence-corrected chi connectivity index (χ3v) is 2.64. The average Bonchev–Trinajstić information content (AvgIpc) is 2.60. The molecule has 0 aliphatic carbocycles. The van der Waals surface area contributed by atoms with Gasteiger partial charge in [0.05, 0.1) is 5.60 Å². The number of benzene rings is 1. The van der Waals surface area contributed by atoms with Crippen molar-refractivity contribution in [3.63, 3.8) is 0 Å². The summed E-state index contributed by atoms with van der Waals surface area (Å²) in [7, 11) is 0. The SMILES string of the molecule is CCc1cc2c(cc1C(C)(C)O)OCO2. The topological polar surface area (TPSA) is 38.7 Å². The van der Waals surface area contributed by atoms with Crippen molar-refractivity contribution in [3.8, 4) is 11.5 Å². The molecule has 2 rings (SSSR count). The first-order valence-electron chi connectivity index (χ1n) is 5.17. The highest BCUT2D eigenvalue weighted by Gasteiger charge is 2.24. The predicted molar refractivity (Wildman–Crippen MR) is 57.2 cm³/mol. The van der Waals surface area contributed by atoms with Crippen molar-refractivity contribution in [2.75, 3.05) is 6.79 Å². The molecule has 1 N–H and O–H groups in total. The Morgan fingerprint density at radius 2 is 1.87 bits per heavy atom. The van der Waals surface area contributed by atoms with Crippen LogP contribution in [-0.4, -0.2) is 11.9 Å². The van der Waals surface area contributed by atoms with Crippen molar-refractivity contribution in [3.05, 3.63) is 23.3 Å². The van der Waals surface area contributed by atoms with Gasteiger partial charge in [0.2, 0.25) is 6.79 Å². The Morgan fingerprint density at radius 1 is 1.27 bits per heavy atom. The lowest BCUT2D eigenvalue weighted by molar-refractivity contribution is 0.0774. The molecule has 0 saturated heterocycles. The molecule has 1 aliphatic heterocycles. The lowest BCUT2D eigenvalue weighted by Gasteiger charge is -2.21. The van der Waals surface area contributed by atoms with Gasteiger partial charge in [0.25, 0.3) is 0 Å². The molecular formula is C12H16O3. The summed E-state index contributed by atoms with van der Waals surface area (Å²) in [5.74, 6) is 1.50. The van der Waals surface area contributed by atoms with E-state index in [9.17, 15) is 5.11 Å². The summed E-state index contributed by atoms with van der Waals surface area (Å²) in [5, 5.41) is 10.0. The van der Waals surface area contributed by atoms with Crippen LogP contribution in [0.2, 0.25) is 0 Å². The molecule has 1 aliphatic rings. The van der Waals surface area contributed by atoms with E-state index >= 15 is 0 Å². The van der Waals surface area contributed by atoms with Crippen molar-refractivity contribution in [2.45, 2.75) is 32.8 Å². The van der Waals surface area contributed by atoms with Crippen LogP contribution in [0, 0.1) is 0 Å². The average molecular weight is 208 g/mol. The third kappa shape index (κ3) is 1.79. The van der Waals surface area contributed by atoms with Crippen LogP contribution in [0.1, 0.15) is 31.9 Å². The first-order valence-corrected chi connectivity index (χ1v) is 5.17. The maximum atomic E-state index is 10.0. The zero-order valence-corrected chi connectivity index (χ0v) is 9.33. The molecule has 0 atom stereocenters. The van der Waals surface area contributed by atoms with Gasteiger partial charge in [-0.25, -0.2) is 0 Å². The van der Waals surface area contributed by atoms with E-state index in [1.54, 1.807) is 13.8 Å². The second kappa shape index (κ2) is 3.42. The Balaban J connectivity index is 2.54. The van der Waals surface area contributed by atoms with Gasteiger partial charge < -0.3 is 14.6 Å². The quantitative estimate of drug-likeness (QED) is 0.809. The van der Waals surface area contributed by atoms with Crippen molar-refractivity contribution < 1.29 is 14.6 Å². The summed E-state index contributed by atoms with van der Waals surface area (Å²) in [5.41, 5.74) is 1.17. The zero-order valence-electron chi connectivity index (χ0n) is 9.33. The Bertz CT molecular complexity index is 377. The van der Waals surface area contributed by atoms with Gasteiger partial charge in [-0.3, -0.25) is 0 Å². The Labute approximate surface area is 89.6 Å². The molecule has 0 saturated carbocycles. The van der Waals surface area contributed by atoms with E-state index in [0.29, 0.717) is 0 Å². The molecule has 3 nitrogen and oxygen atoms in total.